The largest absolute Gasteiger partial charge is 0.410 e. The standard InChI is InChI=1S/C20H18ClF3N4OS/c21-16-17(19(29)25-9-8-12-5-2-1-3-6-12)27-28-15(20(22,23)24)11-13(26-18(16)28)14-7-4-10-30-14/h1-7,10,13,15,26H,8-9,11H2,(H,25,29)/t13-,15+/m1/s1. The summed E-state index contributed by atoms with van der Waals surface area (Å²) in [6, 6.07) is 10.7. The molecular weight excluding hydrogens is 437 g/mol. The number of aromatic nitrogens is 2. The Labute approximate surface area is 179 Å². The van der Waals surface area contributed by atoms with Gasteiger partial charge in [-0.2, -0.15) is 18.3 Å². The van der Waals surface area contributed by atoms with Crippen LogP contribution in [0.15, 0.2) is 47.8 Å². The maximum Gasteiger partial charge on any atom is 0.410 e. The minimum atomic E-state index is -4.53. The van der Waals surface area contributed by atoms with Gasteiger partial charge in [0.05, 0.1) is 6.04 Å². The van der Waals surface area contributed by atoms with Crippen molar-refractivity contribution in [3.8, 4) is 0 Å². The van der Waals surface area contributed by atoms with Crippen LogP contribution in [0.3, 0.4) is 0 Å². The number of nitrogens with zero attached hydrogens (tertiary/aromatic N) is 2. The number of rotatable bonds is 5. The van der Waals surface area contributed by atoms with E-state index in [0.717, 1.165) is 15.1 Å². The molecule has 5 nitrogen and oxygen atoms in total. The van der Waals surface area contributed by atoms with Crippen LogP contribution in [0.1, 0.15) is 39.4 Å². The van der Waals surface area contributed by atoms with Crippen molar-refractivity contribution in [2.45, 2.75) is 31.1 Å². The van der Waals surface area contributed by atoms with Crippen LogP contribution in [0.5, 0.6) is 0 Å². The first kappa shape index (κ1) is 20.7. The number of benzene rings is 1. The third-order valence-electron chi connectivity index (χ3n) is 4.94. The van der Waals surface area contributed by atoms with Gasteiger partial charge in [-0.05, 0) is 23.4 Å². The van der Waals surface area contributed by atoms with Gasteiger partial charge in [-0.1, -0.05) is 48.0 Å². The zero-order valence-corrected chi connectivity index (χ0v) is 17.2. The minimum absolute atomic E-state index is 0.0110. The van der Waals surface area contributed by atoms with Crippen molar-refractivity contribution in [2.75, 3.05) is 11.9 Å². The summed E-state index contributed by atoms with van der Waals surface area (Å²) in [6.45, 7) is 0.315. The predicted molar refractivity (Wildman–Crippen MR) is 110 cm³/mol. The quantitative estimate of drug-likeness (QED) is 0.555. The monoisotopic (exact) mass is 454 g/mol. The molecule has 1 amide bonds. The van der Waals surface area contributed by atoms with Crippen molar-refractivity contribution in [3.05, 3.63) is 69.0 Å². The van der Waals surface area contributed by atoms with E-state index in [2.05, 4.69) is 15.7 Å². The Morgan fingerprint density at radius 3 is 2.70 bits per heavy atom. The lowest BCUT2D eigenvalue weighted by Crippen LogP contribution is -2.35. The topological polar surface area (TPSA) is 59.0 Å². The molecule has 0 radical (unpaired) electrons. The molecule has 0 saturated heterocycles. The lowest BCUT2D eigenvalue weighted by atomic mass is 10.0. The zero-order chi connectivity index (χ0) is 21.3. The molecule has 0 unspecified atom stereocenters. The SMILES string of the molecule is O=C(NCCc1ccccc1)c1nn2c(c1Cl)N[C@@H](c1cccs1)C[C@H]2C(F)(F)F. The first-order valence-corrected chi connectivity index (χ1v) is 10.6. The van der Waals surface area contributed by atoms with Crippen LogP contribution in [-0.4, -0.2) is 28.4 Å². The van der Waals surface area contributed by atoms with Crippen molar-refractivity contribution in [1.82, 2.24) is 15.1 Å². The number of hydrogen-bond acceptors (Lipinski definition) is 4. The molecule has 1 aliphatic rings. The molecule has 0 saturated carbocycles. The highest BCUT2D eigenvalue weighted by Gasteiger charge is 2.48. The first-order valence-electron chi connectivity index (χ1n) is 9.31. The van der Waals surface area contributed by atoms with E-state index in [9.17, 15) is 18.0 Å². The van der Waals surface area contributed by atoms with Gasteiger partial charge in [0.1, 0.15) is 10.8 Å². The molecule has 0 bridgehead atoms. The van der Waals surface area contributed by atoms with Crippen molar-refractivity contribution in [3.63, 3.8) is 0 Å². The lowest BCUT2D eigenvalue weighted by molar-refractivity contribution is -0.173. The summed E-state index contributed by atoms with van der Waals surface area (Å²) in [4.78, 5) is 13.3. The molecule has 0 aliphatic carbocycles. The molecule has 30 heavy (non-hydrogen) atoms. The van der Waals surface area contributed by atoms with E-state index in [1.165, 1.54) is 11.3 Å². The number of fused-ring (bicyclic) bond motifs is 1. The highest BCUT2D eigenvalue weighted by Crippen LogP contribution is 2.46. The number of hydrogen-bond donors (Lipinski definition) is 2. The Morgan fingerprint density at radius 1 is 1.27 bits per heavy atom. The number of halogens is 4. The maximum atomic E-state index is 13.7. The summed E-state index contributed by atoms with van der Waals surface area (Å²) >= 11 is 7.67. The van der Waals surface area contributed by atoms with Gasteiger partial charge in [-0.25, -0.2) is 4.68 Å². The summed E-state index contributed by atoms with van der Waals surface area (Å²) < 4.78 is 42.0. The fraction of sp³-hybridized carbons (Fsp3) is 0.300. The molecule has 10 heteroatoms. The van der Waals surface area contributed by atoms with Gasteiger partial charge >= 0.3 is 6.18 Å². The summed E-state index contributed by atoms with van der Waals surface area (Å²) in [5.74, 6) is -0.593. The average molecular weight is 455 g/mol. The van der Waals surface area contributed by atoms with E-state index in [0.29, 0.717) is 13.0 Å². The molecule has 158 valence electrons. The van der Waals surface area contributed by atoms with Crippen molar-refractivity contribution in [2.24, 2.45) is 0 Å². The molecule has 2 N–H and O–H groups in total. The molecule has 0 fully saturated rings. The van der Waals surface area contributed by atoms with Gasteiger partial charge < -0.3 is 10.6 Å². The second-order valence-corrected chi connectivity index (χ2v) is 8.31. The fourth-order valence-corrected chi connectivity index (χ4v) is 4.52. The van der Waals surface area contributed by atoms with Gasteiger partial charge in [-0.3, -0.25) is 4.79 Å². The number of carbonyl (C=O) groups excluding carboxylic acids is 1. The van der Waals surface area contributed by atoms with E-state index >= 15 is 0 Å². The van der Waals surface area contributed by atoms with Gasteiger partial charge in [0.15, 0.2) is 11.7 Å². The molecule has 0 spiro atoms. The van der Waals surface area contributed by atoms with E-state index in [-0.39, 0.29) is 23.0 Å². The van der Waals surface area contributed by atoms with Crippen LogP contribution in [0.2, 0.25) is 5.02 Å². The summed E-state index contributed by atoms with van der Waals surface area (Å²) in [5, 5.41) is 11.3. The van der Waals surface area contributed by atoms with Gasteiger partial charge in [-0.15, -0.1) is 11.3 Å². The van der Waals surface area contributed by atoms with E-state index in [1.54, 1.807) is 17.5 Å². The van der Waals surface area contributed by atoms with Crippen LogP contribution >= 0.6 is 22.9 Å². The van der Waals surface area contributed by atoms with Gasteiger partial charge in [0, 0.05) is 17.8 Å². The highest BCUT2D eigenvalue weighted by molar-refractivity contribution is 7.10. The molecule has 3 heterocycles. The molecule has 1 aliphatic heterocycles. The van der Waals surface area contributed by atoms with Crippen LogP contribution in [-0.2, 0) is 6.42 Å². The minimum Gasteiger partial charge on any atom is -0.361 e. The molecule has 4 rings (SSSR count). The second-order valence-electron chi connectivity index (χ2n) is 6.95. The van der Waals surface area contributed by atoms with Crippen LogP contribution in [0.25, 0.3) is 0 Å². The first-order chi connectivity index (χ1) is 14.3. The Kier molecular flexibility index (Phi) is 5.75. The summed E-state index contributed by atoms with van der Waals surface area (Å²) in [5.41, 5.74) is 0.818. The Balaban J connectivity index is 1.56. The Morgan fingerprint density at radius 2 is 2.03 bits per heavy atom. The van der Waals surface area contributed by atoms with Crippen molar-refractivity contribution >= 4 is 34.7 Å². The summed E-state index contributed by atoms with van der Waals surface area (Å²) in [7, 11) is 0. The van der Waals surface area contributed by atoms with Gasteiger partial charge in [0.2, 0.25) is 0 Å². The third-order valence-corrected chi connectivity index (χ3v) is 6.28. The number of alkyl halides is 3. The number of anilines is 1. The Hall–Kier alpha value is -2.52. The highest BCUT2D eigenvalue weighted by atomic mass is 35.5. The van der Waals surface area contributed by atoms with Gasteiger partial charge in [0.25, 0.3) is 5.91 Å². The van der Waals surface area contributed by atoms with Crippen LogP contribution in [0, 0.1) is 0 Å². The number of amides is 1. The molecule has 1 aromatic carbocycles. The number of carbonyl (C=O) groups is 1. The molecule has 3 aromatic rings. The van der Waals surface area contributed by atoms with E-state index in [1.807, 2.05) is 30.3 Å². The number of nitrogens with one attached hydrogen (secondary N) is 2. The van der Waals surface area contributed by atoms with E-state index < -0.39 is 24.2 Å². The van der Waals surface area contributed by atoms with Crippen LogP contribution in [0.4, 0.5) is 19.0 Å². The fourth-order valence-electron chi connectivity index (χ4n) is 3.46. The molecule has 2 aromatic heterocycles. The molecular formula is C20H18ClF3N4OS. The zero-order valence-electron chi connectivity index (χ0n) is 15.6. The predicted octanol–water partition coefficient (Wildman–Crippen LogP) is 5.23. The molecule has 2 atom stereocenters. The van der Waals surface area contributed by atoms with E-state index in [4.69, 9.17) is 11.6 Å². The maximum absolute atomic E-state index is 13.7. The average Bonchev–Trinajstić information content (AvgIpc) is 3.36. The number of thiophene rings is 1. The normalized spacial score (nSPS) is 18.5. The lowest BCUT2D eigenvalue weighted by Gasteiger charge is -2.32. The smallest absolute Gasteiger partial charge is 0.361 e. The Bertz CT molecular complexity index is 1020. The van der Waals surface area contributed by atoms with Crippen molar-refractivity contribution < 1.29 is 18.0 Å². The third kappa shape index (κ3) is 4.17. The van der Waals surface area contributed by atoms with Crippen molar-refractivity contribution in [1.29, 1.82) is 0 Å². The summed E-state index contributed by atoms with van der Waals surface area (Å²) in [6.07, 6.45) is -4.17. The second kappa shape index (κ2) is 8.31. The van der Waals surface area contributed by atoms with Crippen LogP contribution < -0.4 is 10.6 Å².